The van der Waals surface area contributed by atoms with E-state index in [1.807, 2.05) is 0 Å². The van der Waals surface area contributed by atoms with Crippen LogP contribution in [0, 0.1) is 6.92 Å². The van der Waals surface area contributed by atoms with Crippen molar-refractivity contribution in [2.24, 2.45) is 0 Å². The van der Waals surface area contributed by atoms with Gasteiger partial charge in [-0.2, -0.15) is 12.4 Å². The number of hydrogen-bond donors (Lipinski definition) is 0. The minimum atomic E-state index is -4.07. The third-order valence-electron chi connectivity index (χ3n) is 2.29. The fourth-order valence-electron chi connectivity index (χ4n) is 1.39. The second kappa shape index (κ2) is 5.97. The molecule has 0 fully saturated rings. The SMILES string of the molecule is CCOP(=O)(CC)OS(=O)(=O)c1ccccc1C. The molecule has 0 aliphatic heterocycles. The van der Waals surface area contributed by atoms with Crippen molar-refractivity contribution >= 4 is 17.7 Å². The highest BCUT2D eigenvalue weighted by atomic mass is 32.2. The maximum Gasteiger partial charge on any atom is 0.345 e. The molecule has 0 aliphatic rings. The standard InChI is InChI=1S/C11H17O5PS/c1-4-15-17(12,5-2)16-18(13,14)11-9-7-6-8-10(11)3/h6-9H,4-5H2,1-3H3. The monoisotopic (exact) mass is 292 g/mol. The maximum absolute atomic E-state index is 12.1. The molecule has 1 aromatic rings. The van der Waals surface area contributed by atoms with Crippen molar-refractivity contribution in [3.05, 3.63) is 29.8 Å². The Morgan fingerprint density at radius 1 is 1.22 bits per heavy atom. The fourth-order valence-corrected chi connectivity index (χ4v) is 4.78. The fraction of sp³-hybridized carbons (Fsp3) is 0.455. The van der Waals surface area contributed by atoms with Gasteiger partial charge in [-0.15, -0.1) is 0 Å². The number of benzene rings is 1. The molecule has 0 heterocycles. The van der Waals surface area contributed by atoms with Crippen molar-refractivity contribution in [2.75, 3.05) is 12.8 Å². The summed E-state index contributed by atoms with van der Waals surface area (Å²) >= 11 is 0. The number of hydrogen-bond acceptors (Lipinski definition) is 5. The first-order valence-electron chi connectivity index (χ1n) is 5.60. The molecule has 102 valence electrons. The number of rotatable bonds is 6. The Morgan fingerprint density at radius 3 is 2.33 bits per heavy atom. The van der Waals surface area contributed by atoms with Crippen molar-refractivity contribution in [3.63, 3.8) is 0 Å². The van der Waals surface area contributed by atoms with Crippen LogP contribution in [0.2, 0.25) is 0 Å². The van der Waals surface area contributed by atoms with Gasteiger partial charge in [0.05, 0.1) is 11.5 Å². The summed E-state index contributed by atoms with van der Waals surface area (Å²) < 4.78 is 45.8. The average Bonchev–Trinajstić information content (AvgIpc) is 2.29. The maximum atomic E-state index is 12.1. The Balaban J connectivity index is 3.10. The van der Waals surface area contributed by atoms with Gasteiger partial charge >= 0.3 is 17.7 Å². The molecule has 0 bridgehead atoms. The lowest BCUT2D eigenvalue weighted by atomic mass is 10.2. The molecule has 0 aliphatic carbocycles. The molecular weight excluding hydrogens is 275 g/mol. The summed E-state index contributed by atoms with van der Waals surface area (Å²) in [6, 6.07) is 6.36. The Hall–Kier alpha value is -0.680. The van der Waals surface area contributed by atoms with Gasteiger partial charge in [-0.1, -0.05) is 25.1 Å². The van der Waals surface area contributed by atoms with Crippen molar-refractivity contribution in [3.8, 4) is 0 Å². The minimum Gasteiger partial charge on any atom is -0.308 e. The predicted octanol–water partition coefficient (Wildman–Crippen LogP) is 2.95. The van der Waals surface area contributed by atoms with Crippen molar-refractivity contribution in [2.45, 2.75) is 25.7 Å². The average molecular weight is 292 g/mol. The van der Waals surface area contributed by atoms with E-state index in [2.05, 4.69) is 0 Å². The van der Waals surface area contributed by atoms with Gasteiger partial charge < -0.3 is 4.52 Å². The van der Waals surface area contributed by atoms with E-state index in [4.69, 9.17) is 8.49 Å². The van der Waals surface area contributed by atoms with Crippen molar-refractivity contribution < 1.29 is 21.5 Å². The van der Waals surface area contributed by atoms with E-state index >= 15 is 0 Å². The summed E-state index contributed by atoms with van der Waals surface area (Å²) in [7, 11) is -7.67. The molecule has 5 nitrogen and oxygen atoms in total. The molecule has 1 aromatic carbocycles. The zero-order valence-electron chi connectivity index (χ0n) is 10.6. The van der Waals surface area contributed by atoms with E-state index < -0.39 is 17.7 Å². The van der Waals surface area contributed by atoms with Crippen LogP contribution < -0.4 is 0 Å². The highest BCUT2D eigenvalue weighted by molar-refractivity contribution is 7.91. The molecule has 1 unspecified atom stereocenters. The topological polar surface area (TPSA) is 69.7 Å². The molecule has 0 N–H and O–H groups in total. The quantitative estimate of drug-likeness (QED) is 0.754. The van der Waals surface area contributed by atoms with Crippen LogP contribution >= 0.6 is 7.60 Å². The Bertz CT molecular complexity index is 552. The van der Waals surface area contributed by atoms with Crippen LogP contribution in [0.1, 0.15) is 19.4 Å². The van der Waals surface area contributed by atoms with Crippen LogP contribution in [0.5, 0.6) is 0 Å². The Labute approximate surface area is 108 Å². The third kappa shape index (κ3) is 3.65. The van der Waals surface area contributed by atoms with Crippen LogP contribution in [0.25, 0.3) is 0 Å². The van der Waals surface area contributed by atoms with Crippen LogP contribution in [0.15, 0.2) is 29.2 Å². The summed E-state index contributed by atoms with van der Waals surface area (Å²) in [4.78, 5) is 0.0124. The van der Waals surface area contributed by atoms with Crippen molar-refractivity contribution in [1.82, 2.24) is 0 Å². The van der Waals surface area contributed by atoms with E-state index in [9.17, 15) is 13.0 Å². The molecule has 0 aromatic heterocycles. The molecule has 0 radical (unpaired) electrons. The van der Waals surface area contributed by atoms with Gasteiger partial charge in [0.25, 0.3) is 0 Å². The molecule has 1 rings (SSSR count). The van der Waals surface area contributed by atoms with Crippen LogP contribution in [-0.2, 0) is 23.2 Å². The van der Waals surface area contributed by atoms with Gasteiger partial charge in [0, 0.05) is 6.16 Å². The smallest absolute Gasteiger partial charge is 0.308 e. The lowest BCUT2D eigenvalue weighted by Gasteiger charge is -2.16. The second-order valence-electron chi connectivity index (χ2n) is 3.64. The molecule has 18 heavy (non-hydrogen) atoms. The van der Waals surface area contributed by atoms with Crippen LogP contribution in [0.3, 0.4) is 0 Å². The molecule has 1 atom stereocenters. The summed E-state index contributed by atoms with van der Waals surface area (Å²) in [5.74, 6) is 0. The molecule has 7 heteroatoms. The van der Waals surface area contributed by atoms with Gasteiger partial charge in [0.15, 0.2) is 0 Å². The molecule has 0 saturated heterocycles. The van der Waals surface area contributed by atoms with Crippen LogP contribution in [0.4, 0.5) is 0 Å². The molecule has 0 spiro atoms. The van der Waals surface area contributed by atoms with Crippen LogP contribution in [-0.4, -0.2) is 21.2 Å². The lowest BCUT2D eigenvalue weighted by Crippen LogP contribution is -2.09. The second-order valence-corrected chi connectivity index (χ2v) is 7.70. The largest absolute Gasteiger partial charge is 0.345 e. The minimum absolute atomic E-state index is 0.00590. The van der Waals surface area contributed by atoms with Crippen molar-refractivity contribution in [1.29, 1.82) is 0 Å². The normalized spacial score (nSPS) is 15.3. The Kier molecular flexibility index (Phi) is 5.10. The van der Waals surface area contributed by atoms with Gasteiger partial charge in [-0.25, -0.2) is 0 Å². The van der Waals surface area contributed by atoms with E-state index in [1.165, 1.54) is 6.07 Å². The summed E-state index contributed by atoms with van der Waals surface area (Å²) in [5, 5.41) is 0. The predicted molar refractivity (Wildman–Crippen MR) is 69.2 cm³/mol. The molecule has 0 saturated carbocycles. The first kappa shape index (κ1) is 15.4. The molecular formula is C11H17O5PS. The molecule has 0 amide bonds. The highest BCUT2D eigenvalue weighted by Crippen LogP contribution is 2.50. The van der Waals surface area contributed by atoms with E-state index in [0.29, 0.717) is 5.56 Å². The van der Waals surface area contributed by atoms with E-state index in [-0.39, 0.29) is 17.7 Å². The summed E-state index contributed by atoms with van der Waals surface area (Å²) in [5.41, 5.74) is 0.539. The Morgan fingerprint density at radius 2 is 1.83 bits per heavy atom. The van der Waals surface area contributed by atoms with Gasteiger partial charge in [-0.05, 0) is 25.5 Å². The van der Waals surface area contributed by atoms with Gasteiger partial charge in [0.1, 0.15) is 0 Å². The van der Waals surface area contributed by atoms with Gasteiger partial charge in [0.2, 0.25) is 0 Å². The number of aryl methyl sites for hydroxylation is 1. The lowest BCUT2D eigenvalue weighted by molar-refractivity contribution is 0.281. The zero-order valence-corrected chi connectivity index (χ0v) is 12.3. The van der Waals surface area contributed by atoms with E-state index in [1.54, 1.807) is 39.0 Å². The zero-order chi connectivity index (χ0) is 13.8. The first-order valence-corrected chi connectivity index (χ1v) is 8.73. The summed E-state index contributed by atoms with van der Waals surface area (Å²) in [6.07, 6.45) is 0.00590. The summed E-state index contributed by atoms with van der Waals surface area (Å²) in [6.45, 7) is 4.97. The third-order valence-corrected chi connectivity index (χ3v) is 6.40. The van der Waals surface area contributed by atoms with E-state index in [0.717, 1.165) is 0 Å². The highest BCUT2D eigenvalue weighted by Gasteiger charge is 2.31. The first-order chi connectivity index (χ1) is 8.34. The van der Waals surface area contributed by atoms with Gasteiger partial charge in [-0.3, -0.25) is 4.57 Å².